The van der Waals surface area contributed by atoms with Crippen molar-refractivity contribution in [3.8, 4) is 11.1 Å². The Morgan fingerprint density at radius 1 is 0.968 bits per heavy atom. The van der Waals surface area contributed by atoms with Crippen LogP contribution in [-0.2, 0) is 14.3 Å². The molecule has 0 bridgehead atoms. The van der Waals surface area contributed by atoms with E-state index in [0.29, 0.717) is 6.42 Å². The van der Waals surface area contributed by atoms with E-state index in [2.05, 4.69) is 34.9 Å². The van der Waals surface area contributed by atoms with Gasteiger partial charge < -0.3 is 20.5 Å². The lowest BCUT2D eigenvalue weighted by Gasteiger charge is -2.17. The third kappa shape index (κ3) is 4.87. The summed E-state index contributed by atoms with van der Waals surface area (Å²) in [6.45, 7) is -0.0966. The Balaban J connectivity index is 1.27. The third-order valence-corrected chi connectivity index (χ3v) is 6.12. The van der Waals surface area contributed by atoms with E-state index in [9.17, 15) is 14.4 Å². The third-order valence-electron chi connectivity index (χ3n) is 6.12. The van der Waals surface area contributed by atoms with Crippen LogP contribution in [0.1, 0.15) is 42.7 Å². The summed E-state index contributed by atoms with van der Waals surface area (Å²) < 4.78 is 5.59. The van der Waals surface area contributed by atoms with E-state index in [-0.39, 0.29) is 43.4 Å². The molecule has 2 aromatic rings. The molecule has 3 N–H and O–H groups in total. The molecule has 0 spiro atoms. The molecule has 2 aliphatic carbocycles. The van der Waals surface area contributed by atoms with Crippen LogP contribution in [0.4, 0.5) is 4.79 Å². The number of nitrogens with one attached hydrogen (secondary N) is 2. The van der Waals surface area contributed by atoms with Gasteiger partial charge in [0.2, 0.25) is 5.91 Å². The van der Waals surface area contributed by atoms with Crippen molar-refractivity contribution in [2.45, 2.75) is 37.6 Å². The van der Waals surface area contributed by atoms with E-state index in [1.807, 2.05) is 24.3 Å². The number of benzene rings is 2. The van der Waals surface area contributed by atoms with E-state index >= 15 is 0 Å². The summed E-state index contributed by atoms with van der Waals surface area (Å²) >= 11 is 0. The lowest BCUT2D eigenvalue weighted by molar-refractivity contribution is -0.138. The molecule has 31 heavy (non-hydrogen) atoms. The van der Waals surface area contributed by atoms with Gasteiger partial charge >= 0.3 is 12.1 Å². The van der Waals surface area contributed by atoms with Crippen molar-refractivity contribution in [1.29, 1.82) is 0 Å². The zero-order valence-electron chi connectivity index (χ0n) is 17.2. The van der Waals surface area contributed by atoms with Crippen molar-refractivity contribution in [3.63, 3.8) is 0 Å². The largest absolute Gasteiger partial charge is 0.480 e. The Hall–Kier alpha value is -3.35. The molecule has 162 valence electrons. The van der Waals surface area contributed by atoms with E-state index < -0.39 is 12.1 Å². The van der Waals surface area contributed by atoms with Crippen LogP contribution in [0, 0.1) is 5.92 Å². The summed E-state index contributed by atoms with van der Waals surface area (Å²) in [5.41, 5.74) is 4.72. The van der Waals surface area contributed by atoms with E-state index in [1.54, 1.807) is 0 Å². The number of amides is 2. The molecular formula is C24H26N2O5. The van der Waals surface area contributed by atoms with Crippen molar-refractivity contribution in [1.82, 2.24) is 10.6 Å². The molecule has 4 rings (SSSR count). The van der Waals surface area contributed by atoms with E-state index in [1.165, 1.54) is 22.3 Å². The minimum absolute atomic E-state index is 0.0207. The van der Waals surface area contributed by atoms with Gasteiger partial charge in [-0.25, -0.2) is 4.79 Å². The van der Waals surface area contributed by atoms with Crippen molar-refractivity contribution < 1.29 is 24.2 Å². The van der Waals surface area contributed by atoms with Gasteiger partial charge in [-0.05, 0) is 47.4 Å². The van der Waals surface area contributed by atoms with Crippen LogP contribution in [0.5, 0.6) is 0 Å². The molecule has 7 nitrogen and oxygen atoms in total. The van der Waals surface area contributed by atoms with Gasteiger partial charge in [-0.1, -0.05) is 48.5 Å². The maximum absolute atomic E-state index is 12.4. The Morgan fingerprint density at radius 3 is 2.26 bits per heavy atom. The lowest BCUT2D eigenvalue weighted by atomic mass is 9.98. The maximum atomic E-state index is 12.4. The number of alkyl carbamates (subject to hydrolysis) is 1. The van der Waals surface area contributed by atoms with Crippen LogP contribution in [0.25, 0.3) is 11.1 Å². The minimum Gasteiger partial charge on any atom is -0.480 e. The highest BCUT2D eigenvalue weighted by Gasteiger charge is 2.31. The molecular weight excluding hydrogens is 396 g/mol. The molecule has 2 aromatic carbocycles. The summed E-state index contributed by atoms with van der Waals surface area (Å²) in [7, 11) is 0. The molecule has 0 unspecified atom stereocenters. The number of hydrogen-bond acceptors (Lipinski definition) is 4. The predicted molar refractivity (Wildman–Crippen MR) is 115 cm³/mol. The number of aliphatic carboxylic acids is 1. The van der Waals surface area contributed by atoms with Crippen LogP contribution >= 0.6 is 0 Å². The molecule has 1 fully saturated rings. The highest BCUT2D eigenvalue weighted by Crippen LogP contribution is 2.44. The topological polar surface area (TPSA) is 105 Å². The van der Waals surface area contributed by atoms with Crippen molar-refractivity contribution in [2.24, 2.45) is 5.92 Å². The van der Waals surface area contributed by atoms with Crippen molar-refractivity contribution >= 4 is 18.0 Å². The lowest BCUT2D eigenvalue weighted by Crippen LogP contribution is -2.34. The number of rotatable bonds is 7. The highest BCUT2D eigenvalue weighted by molar-refractivity contribution is 5.81. The first kappa shape index (κ1) is 20.9. The molecule has 7 heteroatoms. The summed E-state index contributed by atoms with van der Waals surface area (Å²) in [4.78, 5) is 34.7. The van der Waals surface area contributed by atoms with Gasteiger partial charge in [0.1, 0.15) is 13.2 Å². The summed E-state index contributed by atoms with van der Waals surface area (Å²) in [5.74, 6) is -1.18. The molecule has 2 atom stereocenters. The van der Waals surface area contributed by atoms with Gasteiger partial charge in [0.25, 0.3) is 0 Å². The first-order valence-corrected chi connectivity index (χ1v) is 10.6. The molecule has 1 saturated carbocycles. The van der Waals surface area contributed by atoms with Crippen LogP contribution in [0.2, 0.25) is 0 Å². The van der Waals surface area contributed by atoms with Gasteiger partial charge in [0.15, 0.2) is 0 Å². The van der Waals surface area contributed by atoms with Crippen molar-refractivity contribution in [2.75, 3.05) is 13.2 Å². The standard InChI is InChI=1S/C24H26N2O5/c27-22(25-13-23(28)29)12-15-9-10-16(11-15)26-24(30)31-14-21-19-7-3-1-5-17(19)18-6-2-4-8-20(18)21/h1-8,15-16,21H,9-14H2,(H,25,27)(H,26,30)(H,28,29)/t15-,16+/m0/s1. The quantitative estimate of drug-likeness (QED) is 0.635. The fourth-order valence-corrected chi connectivity index (χ4v) is 4.71. The molecule has 0 heterocycles. The van der Waals surface area contributed by atoms with Crippen molar-refractivity contribution in [3.05, 3.63) is 59.7 Å². The van der Waals surface area contributed by atoms with E-state index in [0.717, 1.165) is 12.8 Å². The zero-order chi connectivity index (χ0) is 21.8. The predicted octanol–water partition coefficient (Wildman–Crippen LogP) is 3.28. The Morgan fingerprint density at radius 2 is 1.61 bits per heavy atom. The monoisotopic (exact) mass is 422 g/mol. The number of carbonyl (C=O) groups is 3. The molecule has 2 amide bonds. The second-order valence-corrected chi connectivity index (χ2v) is 8.22. The number of carboxylic acids is 1. The SMILES string of the molecule is O=C(O)CNC(=O)C[C@H]1CC[C@@H](NC(=O)OCC2c3ccccc3-c3ccccc32)C1. The fraction of sp³-hybridized carbons (Fsp3) is 0.375. The smallest absolute Gasteiger partial charge is 0.407 e. The number of ether oxygens (including phenoxy) is 1. The average molecular weight is 422 g/mol. The Bertz CT molecular complexity index is 944. The van der Waals surface area contributed by atoms with Gasteiger partial charge in [-0.2, -0.15) is 0 Å². The maximum Gasteiger partial charge on any atom is 0.407 e. The second-order valence-electron chi connectivity index (χ2n) is 8.22. The van der Waals surface area contributed by atoms with Crippen LogP contribution in [-0.4, -0.2) is 42.3 Å². The Kier molecular flexibility index (Phi) is 6.21. The summed E-state index contributed by atoms with van der Waals surface area (Å²) in [6.07, 6.45) is 2.11. The van der Waals surface area contributed by atoms with Gasteiger partial charge in [0.05, 0.1) is 0 Å². The molecule has 0 aromatic heterocycles. The molecule has 2 aliphatic rings. The first-order chi connectivity index (χ1) is 15.0. The summed E-state index contributed by atoms with van der Waals surface area (Å²) in [5, 5.41) is 13.9. The summed E-state index contributed by atoms with van der Waals surface area (Å²) in [6, 6.07) is 16.4. The first-order valence-electron chi connectivity index (χ1n) is 10.6. The Labute approximate surface area is 180 Å². The molecule has 0 radical (unpaired) electrons. The van der Waals surface area contributed by atoms with E-state index in [4.69, 9.17) is 9.84 Å². The van der Waals surface area contributed by atoms with Gasteiger partial charge in [-0.3, -0.25) is 9.59 Å². The molecule has 0 aliphatic heterocycles. The molecule has 0 saturated heterocycles. The van der Waals surface area contributed by atoms with Crippen LogP contribution < -0.4 is 10.6 Å². The zero-order valence-corrected chi connectivity index (χ0v) is 17.2. The highest BCUT2D eigenvalue weighted by atomic mass is 16.5. The average Bonchev–Trinajstić information content (AvgIpc) is 3.32. The van der Waals surface area contributed by atoms with Gasteiger partial charge in [-0.15, -0.1) is 0 Å². The van der Waals surface area contributed by atoms with Gasteiger partial charge in [0, 0.05) is 18.4 Å². The van der Waals surface area contributed by atoms with Crippen LogP contribution in [0.15, 0.2) is 48.5 Å². The second kappa shape index (κ2) is 9.20. The fourth-order valence-electron chi connectivity index (χ4n) is 4.71. The number of fused-ring (bicyclic) bond motifs is 3. The minimum atomic E-state index is -1.06. The number of carboxylic acid groups (broad SMARTS) is 1. The number of carbonyl (C=O) groups excluding carboxylic acids is 2. The number of hydrogen-bond donors (Lipinski definition) is 3. The normalized spacial score (nSPS) is 19.4. The van der Waals surface area contributed by atoms with Crippen LogP contribution in [0.3, 0.4) is 0 Å².